The van der Waals surface area contributed by atoms with Crippen LogP contribution < -0.4 is 5.32 Å². The SMILES string of the molecule is CCNCCC(O)CN(C)C. The lowest BCUT2D eigenvalue weighted by Gasteiger charge is -2.15. The van der Waals surface area contributed by atoms with Crippen molar-refractivity contribution in [3.8, 4) is 0 Å². The molecule has 3 heteroatoms. The molecule has 0 aliphatic heterocycles. The van der Waals surface area contributed by atoms with Crippen LogP contribution in [-0.2, 0) is 0 Å². The van der Waals surface area contributed by atoms with Crippen molar-refractivity contribution in [2.24, 2.45) is 0 Å². The van der Waals surface area contributed by atoms with E-state index in [1.807, 2.05) is 19.0 Å². The summed E-state index contributed by atoms with van der Waals surface area (Å²) in [6.07, 6.45) is 0.649. The van der Waals surface area contributed by atoms with Crippen LogP contribution in [0.2, 0.25) is 0 Å². The Kier molecular flexibility index (Phi) is 6.51. The first-order chi connectivity index (χ1) is 5.16. The molecule has 0 saturated carbocycles. The molecule has 0 rings (SSSR count). The highest BCUT2D eigenvalue weighted by Crippen LogP contribution is 1.90. The van der Waals surface area contributed by atoms with Crippen molar-refractivity contribution < 1.29 is 5.11 Å². The minimum Gasteiger partial charge on any atom is -0.392 e. The van der Waals surface area contributed by atoms with Gasteiger partial charge < -0.3 is 15.3 Å². The molecular weight excluding hydrogens is 140 g/mol. The quantitative estimate of drug-likeness (QED) is 0.533. The summed E-state index contributed by atoms with van der Waals surface area (Å²) in [5.41, 5.74) is 0. The molecule has 1 atom stereocenters. The molecule has 0 aliphatic rings. The van der Waals surface area contributed by atoms with Crippen molar-refractivity contribution in [1.29, 1.82) is 0 Å². The van der Waals surface area contributed by atoms with Crippen molar-refractivity contribution >= 4 is 0 Å². The maximum absolute atomic E-state index is 9.36. The Morgan fingerprint density at radius 1 is 1.45 bits per heavy atom. The summed E-state index contributed by atoms with van der Waals surface area (Å²) >= 11 is 0. The summed E-state index contributed by atoms with van der Waals surface area (Å²) in [4.78, 5) is 2.00. The number of rotatable bonds is 6. The van der Waals surface area contributed by atoms with E-state index in [2.05, 4.69) is 12.2 Å². The van der Waals surface area contributed by atoms with Gasteiger partial charge in [0.1, 0.15) is 0 Å². The summed E-state index contributed by atoms with van der Waals surface area (Å²) < 4.78 is 0. The Balaban J connectivity index is 3.15. The fourth-order valence-corrected chi connectivity index (χ4v) is 0.958. The molecule has 0 radical (unpaired) electrons. The lowest BCUT2D eigenvalue weighted by molar-refractivity contribution is 0.128. The van der Waals surface area contributed by atoms with E-state index >= 15 is 0 Å². The molecule has 0 amide bonds. The second-order valence-electron chi connectivity index (χ2n) is 3.06. The van der Waals surface area contributed by atoms with Crippen LogP contribution in [0.1, 0.15) is 13.3 Å². The van der Waals surface area contributed by atoms with Crippen LogP contribution in [0, 0.1) is 0 Å². The van der Waals surface area contributed by atoms with Crippen LogP contribution in [0.4, 0.5) is 0 Å². The molecule has 0 saturated heterocycles. The molecule has 0 aromatic carbocycles. The number of aliphatic hydroxyl groups is 1. The van der Waals surface area contributed by atoms with Crippen LogP contribution in [-0.4, -0.2) is 49.8 Å². The van der Waals surface area contributed by atoms with E-state index in [4.69, 9.17) is 0 Å². The molecule has 68 valence electrons. The lowest BCUT2D eigenvalue weighted by Crippen LogP contribution is -2.29. The van der Waals surface area contributed by atoms with E-state index < -0.39 is 0 Å². The van der Waals surface area contributed by atoms with Gasteiger partial charge in [-0.15, -0.1) is 0 Å². The predicted octanol–water partition coefficient (Wildman–Crippen LogP) is -0.0915. The molecule has 11 heavy (non-hydrogen) atoms. The number of hydrogen-bond acceptors (Lipinski definition) is 3. The van der Waals surface area contributed by atoms with Gasteiger partial charge in [-0.1, -0.05) is 6.92 Å². The second-order valence-corrected chi connectivity index (χ2v) is 3.06. The number of hydrogen-bond donors (Lipinski definition) is 2. The Morgan fingerprint density at radius 2 is 2.09 bits per heavy atom. The molecule has 0 bridgehead atoms. The zero-order chi connectivity index (χ0) is 8.69. The maximum atomic E-state index is 9.36. The first-order valence-corrected chi connectivity index (χ1v) is 4.20. The van der Waals surface area contributed by atoms with Gasteiger partial charge >= 0.3 is 0 Å². The van der Waals surface area contributed by atoms with Gasteiger partial charge in [-0.3, -0.25) is 0 Å². The van der Waals surface area contributed by atoms with E-state index in [0.717, 1.165) is 26.1 Å². The minimum absolute atomic E-state index is 0.191. The summed E-state index contributed by atoms with van der Waals surface area (Å²) in [7, 11) is 3.94. The molecular formula is C8H20N2O. The van der Waals surface area contributed by atoms with E-state index in [-0.39, 0.29) is 6.10 Å². The first kappa shape index (κ1) is 10.9. The van der Waals surface area contributed by atoms with E-state index in [1.54, 1.807) is 0 Å². The molecule has 0 spiro atoms. The fraction of sp³-hybridized carbons (Fsp3) is 1.00. The monoisotopic (exact) mass is 160 g/mol. The normalized spacial score (nSPS) is 13.9. The largest absolute Gasteiger partial charge is 0.392 e. The summed E-state index contributed by atoms with van der Waals surface area (Å²) in [5, 5.41) is 12.5. The average Bonchev–Trinajstić information content (AvgIpc) is 1.86. The predicted molar refractivity (Wildman–Crippen MR) is 47.7 cm³/mol. The van der Waals surface area contributed by atoms with Crippen LogP contribution in [0.25, 0.3) is 0 Å². The van der Waals surface area contributed by atoms with Crippen molar-refractivity contribution in [2.45, 2.75) is 19.4 Å². The molecule has 0 aromatic rings. The first-order valence-electron chi connectivity index (χ1n) is 4.20. The number of likely N-dealkylation sites (N-methyl/N-ethyl adjacent to an activating group) is 1. The van der Waals surface area contributed by atoms with Crippen molar-refractivity contribution in [1.82, 2.24) is 10.2 Å². The Bertz CT molecular complexity index is 86.2. The van der Waals surface area contributed by atoms with Gasteiger partial charge in [0.25, 0.3) is 0 Å². The van der Waals surface area contributed by atoms with E-state index in [1.165, 1.54) is 0 Å². The third-order valence-electron chi connectivity index (χ3n) is 1.48. The van der Waals surface area contributed by atoms with E-state index in [0.29, 0.717) is 0 Å². The van der Waals surface area contributed by atoms with Crippen molar-refractivity contribution in [2.75, 3.05) is 33.7 Å². The number of aliphatic hydroxyl groups excluding tert-OH is 1. The zero-order valence-electron chi connectivity index (χ0n) is 7.80. The molecule has 0 aliphatic carbocycles. The molecule has 0 aromatic heterocycles. The molecule has 1 unspecified atom stereocenters. The van der Waals surface area contributed by atoms with Gasteiger partial charge in [-0.25, -0.2) is 0 Å². The lowest BCUT2D eigenvalue weighted by atomic mass is 10.2. The molecule has 0 fully saturated rings. The van der Waals surface area contributed by atoms with Gasteiger partial charge in [0.15, 0.2) is 0 Å². The van der Waals surface area contributed by atoms with Crippen molar-refractivity contribution in [3.63, 3.8) is 0 Å². The molecule has 0 heterocycles. The highest BCUT2D eigenvalue weighted by atomic mass is 16.3. The highest BCUT2D eigenvalue weighted by Gasteiger charge is 2.03. The van der Waals surface area contributed by atoms with Gasteiger partial charge in [0, 0.05) is 6.54 Å². The summed E-state index contributed by atoms with van der Waals surface area (Å²) in [6.45, 7) is 4.71. The Labute approximate surface area is 69.4 Å². The van der Waals surface area contributed by atoms with Gasteiger partial charge in [0.2, 0.25) is 0 Å². The molecule has 2 N–H and O–H groups in total. The third kappa shape index (κ3) is 7.78. The highest BCUT2D eigenvalue weighted by molar-refractivity contribution is 4.59. The average molecular weight is 160 g/mol. The molecule has 3 nitrogen and oxygen atoms in total. The topological polar surface area (TPSA) is 35.5 Å². The van der Waals surface area contributed by atoms with Gasteiger partial charge in [-0.05, 0) is 33.6 Å². The maximum Gasteiger partial charge on any atom is 0.0679 e. The van der Waals surface area contributed by atoms with E-state index in [9.17, 15) is 5.11 Å². The van der Waals surface area contributed by atoms with Gasteiger partial charge in [-0.2, -0.15) is 0 Å². The van der Waals surface area contributed by atoms with Crippen molar-refractivity contribution in [3.05, 3.63) is 0 Å². The van der Waals surface area contributed by atoms with Crippen LogP contribution >= 0.6 is 0 Å². The van der Waals surface area contributed by atoms with Crippen LogP contribution in [0.5, 0.6) is 0 Å². The summed E-state index contributed by atoms with van der Waals surface area (Å²) in [6, 6.07) is 0. The Morgan fingerprint density at radius 3 is 2.55 bits per heavy atom. The zero-order valence-corrected chi connectivity index (χ0v) is 7.80. The van der Waals surface area contributed by atoms with Gasteiger partial charge in [0.05, 0.1) is 6.10 Å². The summed E-state index contributed by atoms with van der Waals surface area (Å²) in [5.74, 6) is 0. The second kappa shape index (κ2) is 6.58. The Hall–Kier alpha value is -0.120. The fourth-order valence-electron chi connectivity index (χ4n) is 0.958. The minimum atomic E-state index is -0.191. The van der Waals surface area contributed by atoms with Crippen LogP contribution in [0.3, 0.4) is 0 Å². The number of nitrogens with zero attached hydrogens (tertiary/aromatic N) is 1. The third-order valence-corrected chi connectivity index (χ3v) is 1.48. The van der Waals surface area contributed by atoms with Crippen LogP contribution in [0.15, 0.2) is 0 Å². The number of nitrogens with one attached hydrogen (secondary N) is 1. The smallest absolute Gasteiger partial charge is 0.0679 e. The standard InChI is InChI=1S/C8H20N2O/c1-4-9-6-5-8(11)7-10(2)3/h8-9,11H,4-7H2,1-3H3.